The van der Waals surface area contributed by atoms with Crippen molar-refractivity contribution in [1.29, 1.82) is 0 Å². The minimum Gasteiger partial charge on any atom is -0.347 e. The van der Waals surface area contributed by atoms with E-state index in [1.54, 1.807) is 11.7 Å². The molecular weight excluding hydrogens is 330 g/mol. The van der Waals surface area contributed by atoms with E-state index in [4.69, 9.17) is 0 Å². The zero-order valence-electron chi connectivity index (χ0n) is 12.3. The number of alkyl halides is 1. The van der Waals surface area contributed by atoms with E-state index in [-0.39, 0.29) is 11.9 Å². The molecule has 2 rings (SSSR count). The Balaban J connectivity index is 2.04. The van der Waals surface area contributed by atoms with Gasteiger partial charge in [-0.1, -0.05) is 53.2 Å². The van der Waals surface area contributed by atoms with E-state index in [9.17, 15) is 4.79 Å². The van der Waals surface area contributed by atoms with Crippen LogP contribution < -0.4 is 5.32 Å². The second-order valence-corrected chi connectivity index (χ2v) is 5.66. The molecule has 4 nitrogen and oxygen atoms in total. The first kappa shape index (κ1) is 15.8. The molecule has 0 saturated heterocycles. The third-order valence-electron chi connectivity index (χ3n) is 3.37. The van der Waals surface area contributed by atoms with E-state index in [0.717, 1.165) is 18.5 Å². The molecule has 0 saturated carbocycles. The number of hydrogen-bond acceptors (Lipinski definition) is 2. The second-order valence-electron chi connectivity index (χ2n) is 5.01. The molecule has 21 heavy (non-hydrogen) atoms. The van der Waals surface area contributed by atoms with Crippen LogP contribution in [0, 0.1) is 0 Å². The van der Waals surface area contributed by atoms with Crippen LogP contribution in [0.4, 0.5) is 0 Å². The first-order chi connectivity index (χ1) is 10.1. The molecular formula is C16H20BrN3O. The van der Waals surface area contributed by atoms with Crippen molar-refractivity contribution in [2.75, 3.05) is 5.33 Å². The van der Waals surface area contributed by atoms with Gasteiger partial charge >= 0.3 is 0 Å². The number of aromatic nitrogens is 2. The van der Waals surface area contributed by atoms with E-state index < -0.39 is 0 Å². The largest absolute Gasteiger partial charge is 0.347 e. The van der Waals surface area contributed by atoms with Crippen molar-refractivity contribution in [3.05, 3.63) is 53.3 Å². The van der Waals surface area contributed by atoms with Crippen LogP contribution in [0.15, 0.2) is 36.4 Å². The van der Waals surface area contributed by atoms with Gasteiger partial charge in [-0.15, -0.1) is 0 Å². The van der Waals surface area contributed by atoms with Gasteiger partial charge in [0, 0.05) is 18.4 Å². The van der Waals surface area contributed by atoms with Gasteiger partial charge < -0.3 is 5.32 Å². The Hall–Kier alpha value is -1.62. The van der Waals surface area contributed by atoms with Crippen molar-refractivity contribution in [3.63, 3.8) is 0 Å². The molecule has 0 spiro atoms. The number of aryl methyl sites for hydroxylation is 2. The summed E-state index contributed by atoms with van der Waals surface area (Å²) in [4.78, 5) is 12.4. The summed E-state index contributed by atoms with van der Waals surface area (Å²) in [5, 5.41) is 8.09. The number of nitrogens with one attached hydrogen (secondary N) is 1. The molecule has 1 amide bonds. The van der Waals surface area contributed by atoms with Crippen LogP contribution in [0.3, 0.4) is 0 Å². The van der Waals surface area contributed by atoms with Crippen LogP contribution in [0.25, 0.3) is 0 Å². The summed E-state index contributed by atoms with van der Waals surface area (Å²) in [6.07, 6.45) is 1.63. The maximum absolute atomic E-state index is 12.4. The zero-order chi connectivity index (χ0) is 15.2. The van der Waals surface area contributed by atoms with Gasteiger partial charge in [-0.2, -0.15) is 5.10 Å². The summed E-state index contributed by atoms with van der Waals surface area (Å²) in [5.41, 5.74) is 2.74. The fourth-order valence-electron chi connectivity index (χ4n) is 2.21. The first-order valence-electron chi connectivity index (χ1n) is 7.07. The van der Waals surface area contributed by atoms with E-state index in [1.807, 2.05) is 31.2 Å². The minimum absolute atomic E-state index is 0.0554. The predicted molar refractivity (Wildman–Crippen MR) is 87.8 cm³/mol. The van der Waals surface area contributed by atoms with Crippen LogP contribution in [-0.4, -0.2) is 27.1 Å². The Bertz CT molecular complexity index is 595. The van der Waals surface area contributed by atoms with E-state index >= 15 is 0 Å². The quantitative estimate of drug-likeness (QED) is 0.815. The Kier molecular flexibility index (Phi) is 5.56. The third kappa shape index (κ3) is 4.17. The van der Waals surface area contributed by atoms with Crippen LogP contribution >= 0.6 is 15.9 Å². The lowest BCUT2D eigenvalue weighted by atomic mass is 10.1. The average molecular weight is 350 g/mol. The topological polar surface area (TPSA) is 46.9 Å². The molecule has 2 aromatic rings. The van der Waals surface area contributed by atoms with Crippen molar-refractivity contribution < 1.29 is 4.79 Å². The lowest BCUT2D eigenvalue weighted by Gasteiger charge is -2.16. The van der Waals surface area contributed by atoms with Crippen LogP contribution in [0.1, 0.15) is 28.7 Å². The fourth-order valence-corrected chi connectivity index (χ4v) is 2.60. The van der Waals surface area contributed by atoms with E-state index in [1.165, 1.54) is 5.56 Å². The normalized spacial score (nSPS) is 12.1. The molecule has 5 heteroatoms. The maximum Gasteiger partial charge on any atom is 0.269 e. The number of benzene rings is 1. The average Bonchev–Trinajstić information content (AvgIpc) is 2.88. The molecule has 1 heterocycles. The van der Waals surface area contributed by atoms with Gasteiger partial charge in [-0.05, 0) is 24.5 Å². The summed E-state index contributed by atoms with van der Waals surface area (Å²) in [7, 11) is 1.80. The lowest BCUT2D eigenvalue weighted by Crippen LogP contribution is -2.38. The first-order valence-corrected chi connectivity index (χ1v) is 8.19. The van der Waals surface area contributed by atoms with Gasteiger partial charge in [0.2, 0.25) is 0 Å². The maximum atomic E-state index is 12.4. The summed E-state index contributed by atoms with van der Waals surface area (Å²) in [6.45, 7) is 2.03. The van der Waals surface area contributed by atoms with Crippen molar-refractivity contribution in [1.82, 2.24) is 15.1 Å². The monoisotopic (exact) mass is 349 g/mol. The third-order valence-corrected chi connectivity index (χ3v) is 4.15. The summed E-state index contributed by atoms with van der Waals surface area (Å²) >= 11 is 3.47. The molecule has 0 aliphatic carbocycles. The van der Waals surface area contributed by atoms with Crippen molar-refractivity contribution in [3.8, 4) is 0 Å². The van der Waals surface area contributed by atoms with Crippen molar-refractivity contribution in [2.45, 2.75) is 25.8 Å². The van der Waals surface area contributed by atoms with E-state index in [0.29, 0.717) is 11.0 Å². The van der Waals surface area contributed by atoms with Crippen LogP contribution in [-0.2, 0) is 19.9 Å². The highest BCUT2D eigenvalue weighted by Crippen LogP contribution is 2.08. The molecule has 0 bridgehead atoms. The molecule has 0 fully saturated rings. The number of halogens is 1. The van der Waals surface area contributed by atoms with E-state index in [2.05, 4.69) is 38.5 Å². The molecule has 1 N–H and O–H groups in total. The molecule has 1 atom stereocenters. The molecule has 1 aromatic carbocycles. The number of nitrogens with zero attached hydrogens (tertiary/aromatic N) is 2. The molecule has 1 aromatic heterocycles. The van der Waals surface area contributed by atoms with Crippen LogP contribution in [0.5, 0.6) is 0 Å². The smallest absolute Gasteiger partial charge is 0.269 e. The summed E-state index contributed by atoms with van der Waals surface area (Å²) < 4.78 is 1.64. The number of hydrogen-bond donors (Lipinski definition) is 1. The van der Waals surface area contributed by atoms with Crippen molar-refractivity contribution >= 4 is 21.8 Å². The summed E-state index contributed by atoms with van der Waals surface area (Å²) in [5.74, 6) is -0.0786. The van der Waals surface area contributed by atoms with Gasteiger partial charge in [0.25, 0.3) is 5.91 Å². The molecule has 112 valence electrons. The number of carbonyl (C=O) groups excluding carboxylic acids is 1. The molecule has 1 unspecified atom stereocenters. The molecule has 0 aliphatic rings. The van der Waals surface area contributed by atoms with Gasteiger partial charge in [-0.3, -0.25) is 9.48 Å². The minimum atomic E-state index is -0.0786. The van der Waals surface area contributed by atoms with Gasteiger partial charge in [-0.25, -0.2) is 0 Å². The Morgan fingerprint density at radius 2 is 2.10 bits per heavy atom. The lowest BCUT2D eigenvalue weighted by molar-refractivity contribution is 0.0931. The highest BCUT2D eigenvalue weighted by Gasteiger charge is 2.17. The summed E-state index contributed by atoms with van der Waals surface area (Å²) in [6, 6.07) is 12.1. The predicted octanol–water partition coefficient (Wildman–Crippen LogP) is 2.72. The second kappa shape index (κ2) is 7.41. The standard InChI is InChI=1S/C16H20BrN3O/c1-3-13-10-15(20(2)19-13)16(21)18-14(11-17)9-12-7-5-4-6-8-12/h4-8,10,14H,3,9,11H2,1-2H3,(H,18,21). The number of carbonyl (C=O) groups is 1. The fraction of sp³-hybridized carbons (Fsp3) is 0.375. The Labute approximate surface area is 133 Å². The van der Waals surface area contributed by atoms with Gasteiger partial charge in [0.1, 0.15) is 5.69 Å². The highest BCUT2D eigenvalue weighted by atomic mass is 79.9. The number of amides is 1. The Morgan fingerprint density at radius 1 is 1.38 bits per heavy atom. The van der Waals surface area contributed by atoms with Gasteiger partial charge in [0.05, 0.1) is 5.69 Å². The van der Waals surface area contributed by atoms with Crippen LogP contribution in [0.2, 0.25) is 0 Å². The SMILES string of the molecule is CCc1cc(C(=O)NC(CBr)Cc2ccccc2)n(C)n1. The Morgan fingerprint density at radius 3 is 2.67 bits per heavy atom. The molecule has 0 radical (unpaired) electrons. The van der Waals surface area contributed by atoms with Crippen molar-refractivity contribution in [2.24, 2.45) is 7.05 Å². The van der Waals surface area contributed by atoms with Gasteiger partial charge in [0.15, 0.2) is 0 Å². The zero-order valence-corrected chi connectivity index (χ0v) is 13.9. The number of rotatable bonds is 6. The highest BCUT2D eigenvalue weighted by molar-refractivity contribution is 9.09. The molecule has 0 aliphatic heterocycles.